The average molecular weight is 276 g/mol. The van der Waals surface area contributed by atoms with Crippen LogP contribution in [0.3, 0.4) is 0 Å². The van der Waals surface area contributed by atoms with Gasteiger partial charge in [0, 0.05) is 12.1 Å². The van der Waals surface area contributed by atoms with Crippen molar-refractivity contribution in [2.75, 3.05) is 5.32 Å². The molecule has 0 aliphatic carbocycles. The van der Waals surface area contributed by atoms with E-state index in [0.717, 1.165) is 23.4 Å². The van der Waals surface area contributed by atoms with E-state index in [1.54, 1.807) is 6.20 Å². The van der Waals surface area contributed by atoms with Crippen LogP contribution in [0.4, 0.5) is 5.82 Å². The Morgan fingerprint density at radius 3 is 2.89 bits per heavy atom. The first-order valence-corrected chi connectivity index (χ1v) is 6.46. The number of rotatable bonds is 5. The lowest BCUT2D eigenvalue weighted by atomic mass is 10.2. The van der Waals surface area contributed by atoms with Gasteiger partial charge in [-0.25, -0.2) is 9.97 Å². The van der Waals surface area contributed by atoms with E-state index in [1.807, 2.05) is 26.0 Å². The van der Waals surface area contributed by atoms with Gasteiger partial charge in [0.05, 0.1) is 18.3 Å². The van der Waals surface area contributed by atoms with Crippen LogP contribution in [0.15, 0.2) is 22.7 Å². The summed E-state index contributed by atoms with van der Waals surface area (Å²) in [7, 11) is 0. The Labute approximate surface area is 117 Å². The van der Waals surface area contributed by atoms with Crippen LogP contribution < -0.4 is 11.1 Å². The van der Waals surface area contributed by atoms with Crippen molar-refractivity contribution >= 4 is 23.0 Å². The fourth-order valence-corrected chi connectivity index (χ4v) is 1.81. The number of aromatic nitrogens is 2. The number of nitrogens with one attached hydrogen (secondary N) is 1. The molecule has 0 atom stereocenters. The maximum absolute atomic E-state index is 5.67. The molecular weight excluding hydrogens is 260 g/mol. The third kappa shape index (κ3) is 3.29. The second-order valence-corrected chi connectivity index (χ2v) is 4.58. The number of hydrogen-bond donors (Lipinski definition) is 2. The van der Waals surface area contributed by atoms with Crippen molar-refractivity contribution in [3.63, 3.8) is 0 Å². The van der Waals surface area contributed by atoms with Crippen LogP contribution in [0, 0.1) is 6.92 Å². The summed E-state index contributed by atoms with van der Waals surface area (Å²) in [5.41, 5.74) is 7.29. The van der Waals surface area contributed by atoms with E-state index in [1.165, 1.54) is 0 Å². The lowest BCUT2D eigenvalue weighted by Gasteiger charge is -2.09. The van der Waals surface area contributed by atoms with E-state index in [2.05, 4.69) is 15.3 Å². The smallest absolute Gasteiger partial charge is 0.213 e. The molecule has 0 aliphatic rings. The van der Waals surface area contributed by atoms with Crippen LogP contribution in [0.1, 0.15) is 29.8 Å². The van der Waals surface area contributed by atoms with Crippen molar-refractivity contribution in [2.24, 2.45) is 5.73 Å². The van der Waals surface area contributed by atoms with E-state index in [-0.39, 0.29) is 0 Å². The van der Waals surface area contributed by atoms with Crippen molar-refractivity contribution in [3.05, 3.63) is 41.2 Å². The Hall–Kier alpha value is -1.95. The first-order valence-electron chi connectivity index (χ1n) is 6.05. The van der Waals surface area contributed by atoms with E-state index >= 15 is 0 Å². The van der Waals surface area contributed by atoms with Crippen molar-refractivity contribution in [1.82, 2.24) is 9.97 Å². The first kappa shape index (κ1) is 13.5. The van der Waals surface area contributed by atoms with Gasteiger partial charge in [-0.2, -0.15) is 0 Å². The van der Waals surface area contributed by atoms with Crippen molar-refractivity contribution < 1.29 is 4.42 Å². The fourth-order valence-electron chi connectivity index (χ4n) is 1.64. The summed E-state index contributed by atoms with van der Waals surface area (Å²) in [6.07, 6.45) is 2.56. The fraction of sp³-hybridized carbons (Fsp3) is 0.308. The number of nitrogens with zero attached hydrogens (tertiary/aromatic N) is 2. The van der Waals surface area contributed by atoms with Gasteiger partial charge in [0.25, 0.3) is 0 Å². The van der Waals surface area contributed by atoms with Gasteiger partial charge in [-0.15, -0.1) is 0 Å². The van der Waals surface area contributed by atoms with Crippen LogP contribution in [-0.4, -0.2) is 15.0 Å². The largest absolute Gasteiger partial charge is 0.444 e. The molecule has 0 amide bonds. The number of oxazole rings is 1. The number of hydrogen-bond acceptors (Lipinski definition) is 5. The topological polar surface area (TPSA) is 77.0 Å². The van der Waals surface area contributed by atoms with Crippen LogP contribution in [-0.2, 0) is 13.0 Å². The molecular formula is C13H16N4OS. The number of pyridine rings is 1. The Morgan fingerprint density at radius 1 is 1.47 bits per heavy atom. The summed E-state index contributed by atoms with van der Waals surface area (Å²) < 4.78 is 5.52. The highest BCUT2D eigenvalue weighted by molar-refractivity contribution is 7.80. The molecule has 19 heavy (non-hydrogen) atoms. The average Bonchev–Trinajstić information content (AvgIpc) is 2.84. The Bertz CT molecular complexity index is 594. The zero-order chi connectivity index (χ0) is 13.8. The molecule has 0 unspecified atom stereocenters. The van der Waals surface area contributed by atoms with Gasteiger partial charge in [0.15, 0.2) is 0 Å². The number of thiocarbonyl (C=S) groups is 1. The quantitative estimate of drug-likeness (QED) is 0.815. The highest BCUT2D eigenvalue weighted by atomic mass is 32.1. The van der Waals surface area contributed by atoms with Gasteiger partial charge in [-0.1, -0.05) is 19.1 Å². The van der Waals surface area contributed by atoms with Gasteiger partial charge < -0.3 is 15.5 Å². The normalized spacial score (nSPS) is 10.4. The molecule has 0 radical (unpaired) electrons. The third-order valence-corrected chi connectivity index (χ3v) is 2.88. The van der Waals surface area contributed by atoms with E-state index in [4.69, 9.17) is 22.4 Å². The van der Waals surface area contributed by atoms with Crippen LogP contribution in [0.25, 0.3) is 0 Å². The van der Waals surface area contributed by atoms with E-state index in [9.17, 15) is 0 Å². The highest BCUT2D eigenvalue weighted by Crippen LogP contribution is 2.15. The second-order valence-electron chi connectivity index (χ2n) is 4.14. The molecule has 0 spiro atoms. The summed E-state index contributed by atoms with van der Waals surface area (Å²) in [6, 6.07) is 3.74. The molecule has 5 nitrogen and oxygen atoms in total. The number of nitrogens with two attached hydrogens (primary N) is 1. The summed E-state index contributed by atoms with van der Waals surface area (Å²) in [5, 5.41) is 3.15. The SMILES string of the molecule is CCc1cnc(CNc2nc(C)ccc2C(N)=S)o1. The van der Waals surface area contributed by atoms with Crippen molar-refractivity contribution in [2.45, 2.75) is 26.8 Å². The molecule has 0 bridgehead atoms. The Morgan fingerprint density at radius 2 is 2.26 bits per heavy atom. The van der Waals surface area contributed by atoms with Crippen LogP contribution in [0.5, 0.6) is 0 Å². The summed E-state index contributed by atoms with van der Waals surface area (Å²) in [5.74, 6) is 2.14. The molecule has 0 fully saturated rings. The molecule has 2 aromatic rings. The maximum Gasteiger partial charge on any atom is 0.213 e. The molecule has 2 heterocycles. The molecule has 6 heteroatoms. The minimum Gasteiger partial charge on any atom is -0.444 e. The molecule has 0 aliphatic heterocycles. The van der Waals surface area contributed by atoms with Crippen molar-refractivity contribution in [1.29, 1.82) is 0 Å². The second kappa shape index (κ2) is 5.79. The Balaban J connectivity index is 2.14. The lowest BCUT2D eigenvalue weighted by Crippen LogP contribution is -2.14. The predicted octanol–water partition coefficient (Wildman–Crippen LogP) is 2.19. The molecule has 2 rings (SSSR count). The van der Waals surface area contributed by atoms with Gasteiger partial charge in [-0.3, -0.25) is 0 Å². The van der Waals surface area contributed by atoms with Gasteiger partial charge in [0.1, 0.15) is 16.6 Å². The van der Waals surface area contributed by atoms with Crippen LogP contribution >= 0.6 is 12.2 Å². The number of aryl methyl sites for hydroxylation is 2. The Kier molecular flexibility index (Phi) is 4.11. The summed E-state index contributed by atoms with van der Waals surface area (Å²) in [6.45, 7) is 4.38. The molecule has 0 saturated carbocycles. The lowest BCUT2D eigenvalue weighted by molar-refractivity contribution is 0.465. The minimum atomic E-state index is 0.316. The molecule has 0 aromatic carbocycles. The van der Waals surface area contributed by atoms with Crippen LogP contribution in [0.2, 0.25) is 0 Å². The number of anilines is 1. The van der Waals surface area contributed by atoms with E-state index < -0.39 is 0 Å². The third-order valence-electron chi connectivity index (χ3n) is 2.66. The van der Waals surface area contributed by atoms with Gasteiger partial charge in [-0.05, 0) is 19.1 Å². The van der Waals surface area contributed by atoms with Gasteiger partial charge >= 0.3 is 0 Å². The standard InChI is InChI=1S/C13H16N4OS/c1-3-9-6-15-11(18-9)7-16-13-10(12(14)19)5-4-8(2)17-13/h4-6H,3,7H2,1-2H3,(H2,14,19)(H,16,17). The summed E-state index contributed by atoms with van der Waals surface area (Å²) in [4.78, 5) is 8.88. The minimum absolute atomic E-state index is 0.316. The van der Waals surface area contributed by atoms with Crippen molar-refractivity contribution in [3.8, 4) is 0 Å². The predicted molar refractivity (Wildman–Crippen MR) is 78.1 cm³/mol. The van der Waals surface area contributed by atoms with Gasteiger partial charge in [0.2, 0.25) is 5.89 Å². The molecule has 3 N–H and O–H groups in total. The van der Waals surface area contributed by atoms with E-state index in [0.29, 0.717) is 23.2 Å². The molecule has 100 valence electrons. The highest BCUT2D eigenvalue weighted by Gasteiger charge is 2.08. The molecule has 0 saturated heterocycles. The maximum atomic E-state index is 5.67. The monoisotopic (exact) mass is 276 g/mol. The zero-order valence-corrected chi connectivity index (χ0v) is 11.8. The molecule has 2 aromatic heterocycles. The first-order chi connectivity index (χ1) is 9.10. The summed E-state index contributed by atoms with van der Waals surface area (Å²) >= 11 is 5.01. The zero-order valence-electron chi connectivity index (χ0n) is 10.9.